The third-order valence-corrected chi connectivity index (χ3v) is 6.38. The molecular formula is C21H36N4O3S. The van der Waals surface area contributed by atoms with Gasteiger partial charge in [-0.3, -0.25) is 4.99 Å². The molecule has 0 heterocycles. The smallest absolute Gasteiger partial charge is 0.213 e. The summed E-state index contributed by atoms with van der Waals surface area (Å²) in [5.41, 5.74) is 1.16. The topological polar surface area (TPSA) is 91.8 Å². The number of ether oxygens (including phenoxy) is 1. The maximum atomic E-state index is 12.1. The van der Waals surface area contributed by atoms with Crippen molar-refractivity contribution in [2.45, 2.75) is 45.6 Å². The first-order chi connectivity index (χ1) is 14.0. The van der Waals surface area contributed by atoms with E-state index in [0.29, 0.717) is 38.1 Å². The van der Waals surface area contributed by atoms with Crippen LogP contribution in [0.2, 0.25) is 0 Å². The van der Waals surface area contributed by atoms with Gasteiger partial charge in [0.05, 0.1) is 11.9 Å². The van der Waals surface area contributed by atoms with Crippen LogP contribution >= 0.6 is 0 Å². The number of nitrogens with one attached hydrogen (secondary N) is 3. The van der Waals surface area contributed by atoms with Gasteiger partial charge in [-0.2, -0.15) is 0 Å². The lowest BCUT2D eigenvalue weighted by molar-refractivity contribution is 0.0652. The summed E-state index contributed by atoms with van der Waals surface area (Å²) in [6, 6.07) is 10.1. The Hall–Kier alpha value is -1.64. The molecule has 1 aliphatic carbocycles. The number of benzene rings is 1. The Kier molecular flexibility index (Phi) is 10.5. The van der Waals surface area contributed by atoms with Gasteiger partial charge in [-0.15, -0.1) is 0 Å². The van der Waals surface area contributed by atoms with Crippen molar-refractivity contribution in [2.75, 3.05) is 38.5 Å². The Morgan fingerprint density at radius 1 is 1.24 bits per heavy atom. The zero-order valence-electron chi connectivity index (χ0n) is 17.7. The minimum Gasteiger partial charge on any atom is -0.374 e. The molecule has 1 unspecified atom stereocenters. The van der Waals surface area contributed by atoms with Gasteiger partial charge in [-0.05, 0) is 44.6 Å². The molecule has 1 saturated carbocycles. The van der Waals surface area contributed by atoms with Crippen LogP contribution in [0, 0.1) is 5.92 Å². The molecule has 3 N–H and O–H groups in total. The van der Waals surface area contributed by atoms with Crippen LogP contribution in [0.3, 0.4) is 0 Å². The van der Waals surface area contributed by atoms with E-state index in [4.69, 9.17) is 4.74 Å². The van der Waals surface area contributed by atoms with E-state index < -0.39 is 10.0 Å². The fourth-order valence-electron chi connectivity index (χ4n) is 3.00. The largest absolute Gasteiger partial charge is 0.374 e. The lowest BCUT2D eigenvalue weighted by Gasteiger charge is -2.25. The molecule has 164 valence electrons. The summed E-state index contributed by atoms with van der Waals surface area (Å²) in [5, 5.41) is 6.24. The highest BCUT2D eigenvalue weighted by Crippen LogP contribution is 2.25. The fourth-order valence-corrected chi connectivity index (χ4v) is 4.00. The minimum atomic E-state index is -3.24. The van der Waals surface area contributed by atoms with E-state index in [1.807, 2.05) is 32.0 Å². The average Bonchev–Trinajstić information content (AvgIpc) is 2.66. The summed E-state index contributed by atoms with van der Waals surface area (Å²) >= 11 is 0. The fraction of sp³-hybridized carbons (Fsp3) is 0.667. The summed E-state index contributed by atoms with van der Waals surface area (Å²) in [7, 11) is -3.24. The molecule has 0 radical (unpaired) electrons. The Balaban J connectivity index is 1.63. The molecule has 2 rings (SSSR count). The Bertz CT molecular complexity index is 706. The Morgan fingerprint density at radius 2 is 2.00 bits per heavy atom. The molecule has 0 saturated heterocycles. The second-order valence-electron chi connectivity index (χ2n) is 7.43. The van der Waals surface area contributed by atoms with E-state index in [2.05, 4.69) is 32.5 Å². The van der Waals surface area contributed by atoms with Gasteiger partial charge in [0.25, 0.3) is 0 Å². The second-order valence-corrected chi connectivity index (χ2v) is 9.36. The molecule has 1 atom stereocenters. The number of aliphatic imine (C=N–C) groups is 1. The molecular weight excluding hydrogens is 388 g/mol. The van der Waals surface area contributed by atoms with Gasteiger partial charge >= 0.3 is 0 Å². The molecule has 0 spiro atoms. The van der Waals surface area contributed by atoms with Crippen LogP contribution in [0.1, 0.15) is 51.2 Å². The standard InChI is InChI=1S/C21H36N4O3S/c1-3-22-21(24-14-16-29(26,27)25-17-19-9-7-10-19)23-13-8-15-28-18(2)20-11-5-4-6-12-20/h4-6,11-12,18-19,25H,3,7-10,13-17H2,1-2H3,(H2,22,23,24). The zero-order chi connectivity index (χ0) is 21.0. The zero-order valence-corrected chi connectivity index (χ0v) is 18.5. The highest BCUT2D eigenvalue weighted by molar-refractivity contribution is 7.89. The molecule has 29 heavy (non-hydrogen) atoms. The van der Waals surface area contributed by atoms with E-state index in [1.165, 1.54) is 6.42 Å². The van der Waals surface area contributed by atoms with Crippen molar-refractivity contribution < 1.29 is 13.2 Å². The first-order valence-electron chi connectivity index (χ1n) is 10.7. The summed E-state index contributed by atoms with van der Waals surface area (Å²) in [6.45, 7) is 6.88. The van der Waals surface area contributed by atoms with Crippen molar-refractivity contribution in [1.29, 1.82) is 0 Å². The highest BCUT2D eigenvalue weighted by atomic mass is 32.2. The molecule has 0 aromatic heterocycles. The molecule has 0 amide bonds. The first kappa shape index (κ1) is 23.6. The van der Waals surface area contributed by atoms with Gasteiger partial charge in [0.2, 0.25) is 10.0 Å². The first-order valence-corrected chi connectivity index (χ1v) is 12.3. The van der Waals surface area contributed by atoms with Crippen LogP contribution < -0.4 is 15.4 Å². The molecule has 1 aliphatic rings. The summed E-state index contributed by atoms with van der Waals surface area (Å²) in [5.74, 6) is 1.20. The number of guanidine groups is 1. The maximum Gasteiger partial charge on any atom is 0.213 e. The van der Waals surface area contributed by atoms with Crippen LogP contribution in [0.4, 0.5) is 0 Å². The molecule has 0 bridgehead atoms. The predicted molar refractivity (Wildman–Crippen MR) is 119 cm³/mol. The number of sulfonamides is 1. The third kappa shape index (κ3) is 9.60. The van der Waals surface area contributed by atoms with Crippen LogP contribution in [0.25, 0.3) is 0 Å². The number of nitrogens with zero attached hydrogens (tertiary/aromatic N) is 1. The quantitative estimate of drug-likeness (QED) is 0.257. The lowest BCUT2D eigenvalue weighted by Crippen LogP contribution is -2.42. The van der Waals surface area contributed by atoms with E-state index >= 15 is 0 Å². The monoisotopic (exact) mass is 424 g/mol. The van der Waals surface area contributed by atoms with Crippen LogP contribution in [0.15, 0.2) is 35.3 Å². The lowest BCUT2D eigenvalue weighted by atomic mass is 9.86. The highest BCUT2D eigenvalue weighted by Gasteiger charge is 2.20. The van der Waals surface area contributed by atoms with Crippen molar-refractivity contribution in [1.82, 2.24) is 15.4 Å². The van der Waals surface area contributed by atoms with Crippen LogP contribution in [0.5, 0.6) is 0 Å². The molecule has 0 aliphatic heterocycles. The van der Waals surface area contributed by atoms with Gasteiger partial charge in [0, 0.05) is 32.8 Å². The van der Waals surface area contributed by atoms with E-state index in [9.17, 15) is 8.42 Å². The molecule has 1 aromatic carbocycles. The number of rotatable bonds is 13. The minimum absolute atomic E-state index is 0.0435. The van der Waals surface area contributed by atoms with Crippen molar-refractivity contribution in [3.8, 4) is 0 Å². The molecule has 1 aromatic rings. The predicted octanol–water partition coefficient (Wildman–Crippen LogP) is 2.43. The van der Waals surface area contributed by atoms with Gasteiger partial charge in [0.1, 0.15) is 0 Å². The average molecular weight is 425 g/mol. The Labute approximate surface area is 175 Å². The van der Waals surface area contributed by atoms with Gasteiger partial charge in [-0.25, -0.2) is 13.1 Å². The van der Waals surface area contributed by atoms with E-state index in [-0.39, 0.29) is 11.9 Å². The van der Waals surface area contributed by atoms with Crippen molar-refractivity contribution in [3.63, 3.8) is 0 Å². The van der Waals surface area contributed by atoms with Gasteiger partial charge in [0.15, 0.2) is 5.96 Å². The second kappa shape index (κ2) is 12.8. The summed E-state index contributed by atoms with van der Waals surface area (Å²) in [4.78, 5) is 4.50. The van der Waals surface area contributed by atoms with E-state index in [0.717, 1.165) is 31.4 Å². The molecule has 7 nitrogen and oxygen atoms in total. The van der Waals surface area contributed by atoms with Crippen molar-refractivity contribution in [2.24, 2.45) is 10.9 Å². The number of hydrogen-bond donors (Lipinski definition) is 3. The van der Waals surface area contributed by atoms with Gasteiger partial charge in [-0.1, -0.05) is 36.8 Å². The van der Waals surface area contributed by atoms with E-state index in [1.54, 1.807) is 0 Å². The summed E-state index contributed by atoms with van der Waals surface area (Å²) in [6.07, 6.45) is 4.34. The van der Waals surface area contributed by atoms with Gasteiger partial charge < -0.3 is 15.4 Å². The van der Waals surface area contributed by atoms with Crippen molar-refractivity contribution in [3.05, 3.63) is 35.9 Å². The van der Waals surface area contributed by atoms with Crippen molar-refractivity contribution >= 4 is 16.0 Å². The maximum absolute atomic E-state index is 12.1. The van der Waals surface area contributed by atoms with Crippen LogP contribution in [-0.2, 0) is 14.8 Å². The molecule has 8 heteroatoms. The summed E-state index contributed by atoms with van der Waals surface area (Å²) < 4.78 is 32.7. The third-order valence-electron chi connectivity index (χ3n) is 5.03. The van der Waals surface area contributed by atoms with Crippen LogP contribution in [-0.4, -0.2) is 52.9 Å². The molecule has 1 fully saturated rings. The normalized spacial score (nSPS) is 16.3. The number of hydrogen-bond acceptors (Lipinski definition) is 4. The Morgan fingerprint density at radius 3 is 2.66 bits per heavy atom. The SMILES string of the molecule is CCNC(=NCCCOC(C)c1ccccc1)NCCS(=O)(=O)NCC1CCC1.